The van der Waals surface area contributed by atoms with Crippen LogP contribution in [0.2, 0.25) is 0 Å². The van der Waals surface area contributed by atoms with Crippen molar-refractivity contribution in [2.24, 2.45) is 0 Å². The van der Waals surface area contributed by atoms with Crippen LogP contribution < -0.4 is 5.32 Å². The maximum Gasteiger partial charge on any atom is 0.317 e. The average Bonchev–Trinajstić information content (AvgIpc) is 2.28. The first kappa shape index (κ1) is 13.9. The second-order valence-electron chi connectivity index (χ2n) is 4.84. The largest absolute Gasteiger partial charge is 0.480 e. The highest BCUT2D eigenvalue weighted by atomic mass is 16.4. The number of carboxylic acids is 1. The SMILES string of the molecule is CNC(C)(C)C(=O)N1CCN(CC(=O)O)CC1. The topological polar surface area (TPSA) is 72.9 Å². The Bertz CT molecular complexity index is 296. The van der Waals surface area contributed by atoms with Gasteiger partial charge in [0.05, 0.1) is 12.1 Å². The van der Waals surface area contributed by atoms with Gasteiger partial charge in [-0.2, -0.15) is 0 Å². The summed E-state index contributed by atoms with van der Waals surface area (Å²) in [6, 6.07) is 0. The minimum atomic E-state index is -0.819. The minimum absolute atomic E-state index is 0.0530. The van der Waals surface area contributed by atoms with Crippen LogP contribution in [0.25, 0.3) is 0 Å². The molecule has 0 bridgehead atoms. The lowest BCUT2D eigenvalue weighted by atomic mass is 10.0. The second kappa shape index (κ2) is 5.46. The maximum atomic E-state index is 12.1. The summed E-state index contributed by atoms with van der Waals surface area (Å²) in [5.41, 5.74) is -0.561. The molecule has 2 N–H and O–H groups in total. The molecule has 0 aromatic rings. The molecule has 6 nitrogen and oxygen atoms in total. The number of hydrogen-bond donors (Lipinski definition) is 2. The standard InChI is InChI=1S/C11H21N3O3/c1-11(2,12-3)10(17)14-6-4-13(5-7-14)8-9(15)16/h12H,4-8H2,1-3H3,(H,15,16). The normalized spacial score (nSPS) is 18.2. The van der Waals surface area contributed by atoms with E-state index in [0.717, 1.165) is 0 Å². The van der Waals surface area contributed by atoms with E-state index in [4.69, 9.17) is 5.11 Å². The molecule has 1 heterocycles. The summed E-state index contributed by atoms with van der Waals surface area (Å²) in [5.74, 6) is -0.754. The Hall–Kier alpha value is -1.14. The number of carbonyl (C=O) groups is 2. The van der Waals surface area contributed by atoms with E-state index < -0.39 is 11.5 Å². The van der Waals surface area contributed by atoms with Crippen LogP contribution in [0.4, 0.5) is 0 Å². The number of likely N-dealkylation sites (N-methyl/N-ethyl adjacent to an activating group) is 1. The van der Waals surface area contributed by atoms with E-state index in [2.05, 4.69) is 5.32 Å². The summed E-state index contributed by atoms with van der Waals surface area (Å²) < 4.78 is 0. The quantitative estimate of drug-likeness (QED) is 0.677. The first-order chi connectivity index (χ1) is 7.86. The lowest BCUT2D eigenvalue weighted by Crippen LogP contribution is -2.58. The predicted octanol–water partition coefficient (Wildman–Crippen LogP) is -0.787. The molecule has 0 saturated carbocycles. The molecule has 1 fully saturated rings. The van der Waals surface area contributed by atoms with E-state index in [1.807, 2.05) is 18.7 Å². The second-order valence-corrected chi connectivity index (χ2v) is 4.84. The molecule has 0 aromatic carbocycles. The molecule has 1 amide bonds. The molecule has 0 aliphatic carbocycles. The van der Waals surface area contributed by atoms with Gasteiger partial charge in [0, 0.05) is 26.2 Å². The monoisotopic (exact) mass is 243 g/mol. The number of carboxylic acid groups (broad SMARTS) is 1. The minimum Gasteiger partial charge on any atom is -0.480 e. The van der Waals surface area contributed by atoms with E-state index in [1.165, 1.54) is 0 Å². The number of amides is 1. The average molecular weight is 243 g/mol. The zero-order valence-electron chi connectivity index (χ0n) is 10.7. The molecule has 1 aliphatic heterocycles. The number of carbonyl (C=O) groups excluding carboxylic acids is 1. The lowest BCUT2D eigenvalue weighted by Gasteiger charge is -2.37. The fourth-order valence-corrected chi connectivity index (χ4v) is 1.80. The summed E-state index contributed by atoms with van der Waals surface area (Å²) in [6.07, 6.45) is 0. The molecule has 0 unspecified atom stereocenters. The molecule has 17 heavy (non-hydrogen) atoms. The number of nitrogens with one attached hydrogen (secondary N) is 1. The Morgan fingerprint density at radius 3 is 2.18 bits per heavy atom. The molecule has 0 spiro atoms. The van der Waals surface area contributed by atoms with E-state index in [1.54, 1.807) is 11.9 Å². The van der Waals surface area contributed by atoms with Crippen LogP contribution in [0.3, 0.4) is 0 Å². The van der Waals surface area contributed by atoms with Crippen LogP contribution in [0, 0.1) is 0 Å². The van der Waals surface area contributed by atoms with Gasteiger partial charge in [-0.1, -0.05) is 0 Å². The van der Waals surface area contributed by atoms with Crippen molar-refractivity contribution in [3.05, 3.63) is 0 Å². The number of hydrogen-bond acceptors (Lipinski definition) is 4. The zero-order valence-corrected chi connectivity index (χ0v) is 10.7. The molecule has 1 aliphatic rings. The highest BCUT2D eigenvalue weighted by Crippen LogP contribution is 2.10. The molecule has 98 valence electrons. The van der Waals surface area contributed by atoms with Crippen LogP contribution in [-0.4, -0.2) is 72.1 Å². The number of nitrogens with zero attached hydrogens (tertiary/aromatic N) is 2. The molecule has 1 rings (SSSR count). The Labute approximate surface area is 102 Å². The van der Waals surface area contributed by atoms with Gasteiger partial charge in [-0.15, -0.1) is 0 Å². The highest BCUT2D eigenvalue weighted by molar-refractivity contribution is 5.85. The Morgan fingerprint density at radius 2 is 1.76 bits per heavy atom. The lowest BCUT2D eigenvalue weighted by molar-refractivity contribution is -0.141. The van der Waals surface area contributed by atoms with Crippen LogP contribution >= 0.6 is 0 Å². The van der Waals surface area contributed by atoms with Crippen molar-refractivity contribution in [3.63, 3.8) is 0 Å². The van der Waals surface area contributed by atoms with Crippen LogP contribution in [0.15, 0.2) is 0 Å². The van der Waals surface area contributed by atoms with Crippen LogP contribution in [-0.2, 0) is 9.59 Å². The summed E-state index contributed by atoms with van der Waals surface area (Å²) in [5, 5.41) is 11.7. The van der Waals surface area contributed by atoms with Crippen molar-refractivity contribution >= 4 is 11.9 Å². The van der Waals surface area contributed by atoms with E-state index in [9.17, 15) is 9.59 Å². The van der Waals surface area contributed by atoms with E-state index in [-0.39, 0.29) is 12.5 Å². The van der Waals surface area contributed by atoms with Gasteiger partial charge < -0.3 is 15.3 Å². The van der Waals surface area contributed by atoms with E-state index in [0.29, 0.717) is 26.2 Å². The van der Waals surface area contributed by atoms with Crippen molar-refractivity contribution < 1.29 is 14.7 Å². The van der Waals surface area contributed by atoms with Crippen LogP contribution in [0.1, 0.15) is 13.8 Å². The predicted molar refractivity (Wildman–Crippen MR) is 63.8 cm³/mol. The van der Waals surface area contributed by atoms with E-state index >= 15 is 0 Å². The summed E-state index contributed by atoms with van der Waals surface area (Å²) in [4.78, 5) is 26.3. The van der Waals surface area contributed by atoms with Gasteiger partial charge in [0.1, 0.15) is 0 Å². The van der Waals surface area contributed by atoms with Crippen molar-refractivity contribution in [3.8, 4) is 0 Å². The number of aliphatic carboxylic acids is 1. The third kappa shape index (κ3) is 3.67. The fraction of sp³-hybridized carbons (Fsp3) is 0.818. The van der Waals surface area contributed by atoms with Crippen molar-refractivity contribution in [1.82, 2.24) is 15.1 Å². The first-order valence-corrected chi connectivity index (χ1v) is 5.79. The third-order valence-corrected chi connectivity index (χ3v) is 3.18. The Balaban J connectivity index is 2.47. The van der Waals surface area contributed by atoms with Gasteiger partial charge in [-0.05, 0) is 20.9 Å². The molecule has 0 radical (unpaired) electrons. The molecular formula is C11H21N3O3. The molecular weight excluding hydrogens is 222 g/mol. The van der Waals surface area contributed by atoms with Crippen LogP contribution in [0.5, 0.6) is 0 Å². The van der Waals surface area contributed by atoms with Gasteiger partial charge in [0.2, 0.25) is 5.91 Å². The molecule has 1 saturated heterocycles. The number of piperazine rings is 1. The van der Waals surface area contributed by atoms with Gasteiger partial charge in [0.15, 0.2) is 0 Å². The summed E-state index contributed by atoms with van der Waals surface area (Å²) >= 11 is 0. The zero-order chi connectivity index (χ0) is 13.1. The summed E-state index contributed by atoms with van der Waals surface area (Å²) in [6.45, 7) is 6.18. The molecule has 0 atom stereocenters. The fourth-order valence-electron chi connectivity index (χ4n) is 1.80. The molecule has 0 aromatic heterocycles. The highest BCUT2D eigenvalue weighted by Gasteiger charge is 2.32. The van der Waals surface area contributed by atoms with Gasteiger partial charge in [0.25, 0.3) is 0 Å². The first-order valence-electron chi connectivity index (χ1n) is 5.79. The van der Waals surface area contributed by atoms with Gasteiger partial charge in [-0.25, -0.2) is 0 Å². The van der Waals surface area contributed by atoms with Crippen molar-refractivity contribution in [1.29, 1.82) is 0 Å². The van der Waals surface area contributed by atoms with Crippen molar-refractivity contribution in [2.45, 2.75) is 19.4 Å². The third-order valence-electron chi connectivity index (χ3n) is 3.18. The van der Waals surface area contributed by atoms with Gasteiger partial charge >= 0.3 is 5.97 Å². The molecule has 6 heteroatoms. The maximum absolute atomic E-state index is 12.1. The van der Waals surface area contributed by atoms with Crippen molar-refractivity contribution in [2.75, 3.05) is 39.8 Å². The Kier molecular flexibility index (Phi) is 4.47. The number of rotatable bonds is 4. The van der Waals surface area contributed by atoms with Gasteiger partial charge in [-0.3, -0.25) is 14.5 Å². The smallest absolute Gasteiger partial charge is 0.317 e. The summed E-state index contributed by atoms with van der Waals surface area (Å²) in [7, 11) is 1.76. The Morgan fingerprint density at radius 1 is 1.24 bits per heavy atom.